The Balaban J connectivity index is 1.84. The van der Waals surface area contributed by atoms with Gasteiger partial charge in [-0.25, -0.2) is 4.79 Å². The standard InChI is InChI=1S/C24H16O8/c1-8-4-9-2-3-11-12(17(9)22(29)16(8)24(31)32)7-14-19(21(11)28)23(30)18-13(20(14)27)5-10(25)6-15(18)26/h4-7,25-26,28-29H,2-3H2,1H3,(H,31,32). The second-order valence-electron chi connectivity index (χ2n) is 7.98. The SMILES string of the molecule is Cc1cc2c(c(O)c1C(=O)O)-c1cc3c(c(O)c1CC2)C(=O)c1c(O)cc(O)cc1C3=O. The van der Waals surface area contributed by atoms with E-state index in [0.717, 1.165) is 12.1 Å². The highest BCUT2D eigenvalue weighted by Gasteiger charge is 2.38. The minimum Gasteiger partial charge on any atom is -0.508 e. The van der Waals surface area contributed by atoms with Gasteiger partial charge in [0.05, 0.1) is 11.1 Å². The normalized spacial score (nSPS) is 13.8. The minimum absolute atomic E-state index is 0.159. The summed E-state index contributed by atoms with van der Waals surface area (Å²) in [6, 6.07) is 5.00. The Kier molecular flexibility index (Phi) is 3.88. The van der Waals surface area contributed by atoms with Crippen LogP contribution in [0.5, 0.6) is 23.0 Å². The Morgan fingerprint density at radius 1 is 0.781 bits per heavy atom. The van der Waals surface area contributed by atoms with Crippen LogP contribution in [0.25, 0.3) is 11.1 Å². The minimum atomic E-state index is -1.32. The highest BCUT2D eigenvalue weighted by Crippen LogP contribution is 2.49. The Morgan fingerprint density at radius 2 is 1.47 bits per heavy atom. The molecule has 5 rings (SSSR count). The van der Waals surface area contributed by atoms with Gasteiger partial charge in [0.15, 0.2) is 5.78 Å². The lowest BCUT2D eigenvalue weighted by molar-refractivity contribution is 0.0692. The number of benzene rings is 3. The fourth-order valence-corrected chi connectivity index (χ4v) is 4.79. The van der Waals surface area contributed by atoms with Crippen LogP contribution in [0.15, 0.2) is 24.3 Å². The molecule has 8 nitrogen and oxygen atoms in total. The third-order valence-electron chi connectivity index (χ3n) is 6.16. The largest absolute Gasteiger partial charge is 0.508 e. The molecule has 5 N–H and O–H groups in total. The van der Waals surface area contributed by atoms with Crippen molar-refractivity contribution in [3.8, 4) is 34.1 Å². The molecule has 2 aliphatic rings. The first-order valence-corrected chi connectivity index (χ1v) is 9.75. The van der Waals surface area contributed by atoms with E-state index in [-0.39, 0.29) is 38.9 Å². The molecule has 8 heteroatoms. The molecule has 0 radical (unpaired) electrons. The lowest BCUT2D eigenvalue weighted by Crippen LogP contribution is -2.23. The van der Waals surface area contributed by atoms with E-state index in [1.54, 1.807) is 13.0 Å². The van der Waals surface area contributed by atoms with Crippen LogP contribution in [0.1, 0.15) is 58.9 Å². The Morgan fingerprint density at radius 3 is 2.16 bits per heavy atom. The van der Waals surface area contributed by atoms with Gasteiger partial charge in [-0.15, -0.1) is 0 Å². The van der Waals surface area contributed by atoms with Crippen molar-refractivity contribution < 1.29 is 39.9 Å². The van der Waals surface area contributed by atoms with Gasteiger partial charge in [-0.2, -0.15) is 0 Å². The number of phenols is 4. The maximum absolute atomic E-state index is 13.2. The number of hydrogen-bond acceptors (Lipinski definition) is 7. The van der Waals surface area contributed by atoms with Crippen LogP contribution in [0.2, 0.25) is 0 Å². The average molecular weight is 432 g/mol. The molecule has 3 aromatic rings. The molecule has 0 saturated heterocycles. The highest BCUT2D eigenvalue weighted by molar-refractivity contribution is 6.31. The van der Waals surface area contributed by atoms with E-state index in [4.69, 9.17) is 0 Å². The fraction of sp³-hybridized carbons (Fsp3) is 0.125. The van der Waals surface area contributed by atoms with Crippen molar-refractivity contribution in [3.05, 3.63) is 68.8 Å². The lowest BCUT2D eigenvalue weighted by atomic mass is 9.76. The van der Waals surface area contributed by atoms with E-state index in [2.05, 4.69) is 0 Å². The molecule has 0 amide bonds. The first kappa shape index (κ1) is 19.6. The maximum atomic E-state index is 13.2. The van der Waals surface area contributed by atoms with Gasteiger partial charge in [0.1, 0.15) is 28.6 Å². The molecule has 0 aromatic heterocycles. The van der Waals surface area contributed by atoms with Crippen LogP contribution in [-0.4, -0.2) is 43.1 Å². The number of aromatic carboxylic acids is 1. The summed E-state index contributed by atoms with van der Waals surface area (Å²) in [5.74, 6) is -4.69. The topological polar surface area (TPSA) is 152 Å². The summed E-state index contributed by atoms with van der Waals surface area (Å²) < 4.78 is 0. The van der Waals surface area contributed by atoms with Crippen LogP contribution >= 0.6 is 0 Å². The summed E-state index contributed by atoms with van der Waals surface area (Å²) in [4.78, 5) is 38.0. The van der Waals surface area contributed by atoms with Gasteiger partial charge in [0.25, 0.3) is 0 Å². The summed E-state index contributed by atoms with van der Waals surface area (Å²) in [7, 11) is 0. The zero-order chi connectivity index (χ0) is 23.1. The van der Waals surface area contributed by atoms with Crippen LogP contribution < -0.4 is 0 Å². The molecule has 160 valence electrons. The summed E-state index contributed by atoms with van der Waals surface area (Å²) >= 11 is 0. The number of rotatable bonds is 1. The van der Waals surface area contributed by atoms with Gasteiger partial charge < -0.3 is 25.5 Å². The molecule has 0 atom stereocenters. The van der Waals surface area contributed by atoms with E-state index in [1.807, 2.05) is 0 Å². The summed E-state index contributed by atoms with van der Waals surface area (Å²) in [6.07, 6.45) is 0.670. The molecule has 0 heterocycles. The number of carboxylic acid groups (broad SMARTS) is 1. The molecule has 3 aromatic carbocycles. The molecule has 0 fully saturated rings. The smallest absolute Gasteiger partial charge is 0.339 e. The van der Waals surface area contributed by atoms with Crippen molar-refractivity contribution in [2.45, 2.75) is 19.8 Å². The zero-order valence-corrected chi connectivity index (χ0v) is 16.7. The number of hydrogen-bond donors (Lipinski definition) is 5. The van der Waals surface area contributed by atoms with Crippen LogP contribution in [0.4, 0.5) is 0 Å². The predicted molar refractivity (Wildman–Crippen MR) is 111 cm³/mol. The maximum Gasteiger partial charge on any atom is 0.339 e. The van der Waals surface area contributed by atoms with E-state index in [0.29, 0.717) is 29.5 Å². The van der Waals surface area contributed by atoms with Gasteiger partial charge in [-0.05, 0) is 48.6 Å². The molecule has 0 unspecified atom stereocenters. The van der Waals surface area contributed by atoms with E-state index < -0.39 is 40.5 Å². The number of ketones is 2. The van der Waals surface area contributed by atoms with Crippen molar-refractivity contribution in [1.82, 2.24) is 0 Å². The van der Waals surface area contributed by atoms with Crippen LogP contribution in [0.3, 0.4) is 0 Å². The number of carboxylic acids is 1. The molecule has 32 heavy (non-hydrogen) atoms. The number of aryl methyl sites for hydroxylation is 2. The fourth-order valence-electron chi connectivity index (χ4n) is 4.79. The second-order valence-corrected chi connectivity index (χ2v) is 7.98. The zero-order valence-electron chi connectivity index (χ0n) is 16.7. The number of carbonyl (C=O) groups is 3. The summed E-state index contributed by atoms with van der Waals surface area (Å²) in [6.45, 7) is 1.57. The van der Waals surface area contributed by atoms with Gasteiger partial charge >= 0.3 is 5.97 Å². The summed E-state index contributed by atoms with van der Waals surface area (Å²) in [5, 5.41) is 51.2. The highest BCUT2D eigenvalue weighted by atomic mass is 16.4. The second kappa shape index (κ2) is 6.34. The van der Waals surface area contributed by atoms with Gasteiger partial charge in [0, 0.05) is 28.3 Å². The van der Waals surface area contributed by atoms with E-state index in [1.165, 1.54) is 6.07 Å². The lowest BCUT2D eigenvalue weighted by Gasteiger charge is -2.27. The molecular weight excluding hydrogens is 416 g/mol. The van der Waals surface area contributed by atoms with Gasteiger partial charge in [-0.1, -0.05) is 6.07 Å². The first-order valence-electron chi connectivity index (χ1n) is 9.75. The molecule has 0 bridgehead atoms. The van der Waals surface area contributed by atoms with E-state index >= 15 is 0 Å². The number of fused-ring (bicyclic) bond motifs is 5. The molecule has 0 saturated carbocycles. The van der Waals surface area contributed by atoms with Crippen molar-refractivity contribution in [2.24, 2.45) is 0 Å². The third-order valence-corrected chi connectivity index (χ3v) is 6.16. The Hall–Kier alpha value is -4.33. The monoisotopic (exact) mass is 432 g/mol. The summed E-state index contributed by atoms with van der Waals surface area (Å²) in [5.41, 5.74) is 0.560. The Bertz CT molecular complexity index is 1430. The van der Waals surface area contributed by atoms with Crippen molar-refractivity contribution in [3.63, 3.8) is 0 Å². The predicted octanol–water partition coefficient (Wildman–Crippen LogP) is 3.06. The molecule has 0 aliphatic heterocycles. The molecular formula is C24H16O8. The number of phenolic OH excluding ortho intramolecular Hbond substituents is 3. The van der Waals surface area contributed by atoms with Crippen molar-refractivity contribution in [2.75, 3.05) is 0 Å². The van der Waals surface area contributed by atoms with Gasteiger partial charge in [-0.3, -0.25) is 9.59 Å². The van der Waals surface area contributed by atoms with Crippen LogP contribution in [-0.2, 0) is 12.8 Å². The molecule has 0 spiro atoms. The number of aromatic hydroxyl groups is 4. The van der Waals surface area contributed by atoms with Crippen molar-refractivity contribution >= 4 is 17.5 Å². The van der Waals surface area contributed by atoms with Crippen molar-refractivity contribution in [1.29, 1.82) is 0 Å². The Labute approximate surface area is 180 Å². The molecule has 2 aliphatic carbocycles. The third kappa shape index (κ3) is 2.40. The van der Waals surface area contributed by atoms with Crippen LogP contribution in [0, 0.1) is 6.92 Å². The number of carbonyl (C=O) groups excluding carboxylic acids is 2. The van der Waals surface area contributed by atoms with E-state index in [9.17, 15) is 39.9 Å². The quantitative estimate of drug-likeness (QED) is 0.308. The van der Waals surface area contributed by atoms with Gasteiger partial charge in [0.2, 0.25) is 5.78 Å². The first-order chi connectivity index (χ1) is 15.1. The average Bonchev–Trinajstić information content (AvgIpc) is 2.70.